The van der Waals surface area contributed by atoms with E-state index < -0.39 is 0 Å². The van der Waals surface area contributed by atoms with Gasteiger partial charge in [0.2, 0.25) is 0 Å². The molecule has 0 unspecified atom stereocenters. The van der Waals surface area contributed by atoms with Gasteiger partial charge in [-0.2, -0.15) is 0 Å². The van der Waals surface area contributed by atoms with Crippen molar-refractivity contribution >= 4 is 51.7 Å². The maximum atomic E-state index is 13.5. The highest BCUT2D eigenvalue weighted by Crippen LogP contribution is 2.33. The number of pyridine rings is 1. The van der Waals surface area contributed by atoms with Gasteiger partial charge < -0.3 is 14.8 Å². The second-order valence-electron chi connectivity index (χ2n) is 8.68. The molecule has 0 atom stereocenters. The van der Waals surface area contributed by atoms with Gasteiger partial charge in [-0.15, -0.1) is 0 Å². The minimum Gasteiger partial charge on any atom is -0.382 e. The molecule has 36 heavy (non-hydrogen) atoms. The molecule has 0 aromatic carbocycles. The lowest BCUT2D eigenvalue weighted by Crippen LogP contribution is -2.37. The largest absolute Gasteiger partial charge is 0.382 e. The first kappa shape index (κ1) is 26.7. The van der Waals surface area contributed by atoms with Gasteiger partial charge in [0, 0.05) is 45.6 Å². The molecule has 9 nitrogen and oxygen atoms in total. The van der Waals surface area contributed by atoms with E-state index in [9.17, 15) is 9.59 Å². The molecule has 2 aromatic rings. The fourth-order valence-electron chi connectivity index (χ4n) is 4.20. The Bertz CT molecular complexity index is 1190. The summed E-state index contributed by atoms with van der Waals surface area (Å²) in [5, 5.41) is 3.36. The highest BCUT2D eigenvalue weighted by Gasteiger charge is 2.32. The number of thioether (sulfide) groups is 1. The van der Waals surface area contributed by atoms with Gasteiger partial charge in [-0.05, 0) is 50.9 Å². The Balaban J connectivity index is 1.56. The van der Waals surface area contributed by atoms with E-state index >= 15 is 0 Å². The summed E-state index contributed by atoms with van der Waals surface area (Å²) in [6.45, 7) is 10.6. The number of thiocarbonyl (C=S) groups is 1. The number of fused-ring (bicyclic) bond motifs is 1. The van der Waals surface area contributed by atoms with Crippen LogP contribution in [0.5, 0.6) is 0 Å². The van der Waals surface area contributed by atoms with Crippen LogP contribution in [0.4, 0.5) is 5.82 Å². The number of aryl methyl sites for hydroxylation is 1. The van der Waals surface area contributed by atoms with Crippen molar-refractivity contribution in [1.82, 2.24) is 19.2 Å². The third-order valence-electron chi connectivity index (χ3n) is 6.16. The lowest BCUT2D eigenvalue weighted by molar-refractivity contribution is -0.122. The molecule has 2 aromatic heterocycles. The summed E-state index contributed by atoms with van der Waals surface area (Å²) in [5.41, 5.74) is 1.64. The zero-order valence-electron chi connectivity index (χ0n) is 20.8. The zero-order valence-corrected chi connectivity index (χ0v) is 22.5. The molecule has 4 heterocycles. The number of rotatable bonds is 11. The zero-order chi connectivity index (χ0) is 25.5. The van der Waals surface area contributed by atoms with Gasteiger partial charge in [-0.25, -0.2) is 4.98 Å². The number of ether oxygens (including phenoxy) is 2. The third kappa shape index (κ3) is 6.33. The molecule has 2 saturated heterocycles. The summed E-state index contributed by atoms with van der Waals surface area (Å²) in [5.74, 6) is 0.298. The van der Waals surface area contributed by atoms with Crippen LogP contribution in [0.2, 0.25) is 0 Å². The van der Waals surface area contributed by atoms with Crippen molar-refractivity contribution in [3.05, 3.63) is 44.7 Å². The molecule has 11 heteroatoms. The quantitative estimate of drug-likeness (QED) is 0.267. The molecular formula is C25H33N5O4S2. The van der Waals surface area contributed by atoms with Crippen LogP contribution in [0, 0.1) is 6.92 Å². The van der Waals surface area contributed by atoms with Crippen LogP contribution in [0.3, 0.4) is 0 Å². The third-order valence-corrected chi connectivity index (χ3v) is 7.53. The molecular weight excluding hydrogens is 498 g/mol. The number of aromatic nitrogens is 2. The van der Waals surface area contributed by atoms with Gasteiger partial charge in [-0.3, -0.25) is 23.8 Å². The van der Waals surface area contributed by atoms with Crippen LogP contribution < -0.4 is 10.9 Å². The summed E-state index contributed by atoms with van der Waals surface area (Å²) in [7, 11) is 0. The minimum atomic E-state index is -0.221. The molecule has 2 fully saturated rings. The molecule has 194 valence electrons. The lowest BCUT2D eigenvalue weighted by atomic mass is 10.2. The molecule has 2 aliphatic heterocycles. The standard InChI is InChI=1S/C25H33N5O4S2/c1-3-33-14-6-11-30-24(32)20(36-25(30)35)17-19-21(26-8-5-9-28-12-15-34-16-13-28)27-22-18(2)7-4-10-29(22)23(19)31/h4,7,10,17,26H,3,5-6,8-9,11-16H2,1-2H3/b20-17-. The SMILES string of the molecule is CCOCCCN1C(=O)/C(=C/c2c(NCCCN3CCOCC3)nc3c(C)cccn3c2=O)SC1=S. The Morgan fingerprint density at radius 2 is 2.06 bits per heavy atom. The fraction of sp³-hybridized carbons (Fsp3) is 0.520. The van der Waals surface area contributed by atoms with E-state index in [1.165, 1.54) is 16.2 Å². The minimum absolute atomic E-state index is 0.187. The molecule has 0 aliphatic carbocycles. The van der Waals surface area contributed by atoms with Gasteiger partial charge >= 0.3 is 0 Å². The van der Waals surface area contributed by atoms with Crippen LogP contribution in [0.15, 0.2) is 28.0 Å². The molecule has 0 spiro atoms. The van der Waals surface area contributed by atoms with E-state index in [0.717, 1.165) is 44.8 Å². The van der Waals surface area contributed by atoms with Crippen LogP contribution in [-0.4, -0.2) is 88.6 Å². The van der Waals surface area contributed by atoms with Gasteiger partial charge in [0.15, 0.2) is 0 Å². The predicted octanol–water partition coefficient (Wildman–Crippen LogP) is 2.76. The molecule has 0 saturated carbocycles. The van der Waals surface area contributed by atoms with Gasteiger partial charge in [-0.1, -0.05) is 30.0 Å². The normalized spacial score (nSPS) is 18.1. The van der Waals surface area contributed by atoms with Crippen molar-refractivity contribution < 1.29 is 14.3 Å². The number of nitrogens with one attached hydrogen (secondary N) is 1. The molecule has 4 rings (SSSR count). The number of morpholine rings is 1. The average molecular weight is 532 g/mol. The number of amides is 1. The van der Waals surface area contributed by atoms with Crippen molar-refractivity contribution in [3.8, 4) is 0 Å². The Morgan fingerprint density at radius 3 is 2.83 bits per heavy atom. The van der Waals surface area contributed by atoms with Crippen molar-refractivity contribution in [1.29, 1.82) is 0 Å². The number of hydrogen-bond acceptors (Lipinski definition) is 9. The first-order chi connectivity index (χ1) is 17.5. The highest BCUT2D eigenvalue weighted by molar-refractivity contribution is 8.26. The topological polar surface area (TPSA) is 88.4 Å². The van der Waals surface area contributed by atoms with Gasteiger partial charge in [0.25, 0.3) is 11.5 Å². The maximum absolute atomic E-state index is 13.5. The van der Waals surface area contributed by atoms with Crippen molar-refractivity contribution in [3.63, 3.8) is 0 Å². The summed E-state index contributed by atoms with van der Waals surface area (Å²) in [4.78, 5) is 35.8. The van der Waals surface area contributed by atoms with Crippen LogP contribution in [-0.2, 0) is 14.3 Å². The smallest absolute Gasteiger partial charge is 0.267 e. The number of carbonyl (C=O) groups excluding carboxylic acids is 1. The van der Waals surface area contributed by atoms with Gasteiger partial charge in [0.1, 0.15) is 15.8 Å². The summed E-state index contributed by atoms with van der Waals surface area (Å²) in [6, 6.07) is 3.75. The monoisotopic (exact) mass is 531 g/mol. The van der Waals surface area contributed by atoms with Crippen LogP contribution in [0.25, 0.3) is 11.7 Å². The number of carbonyl (C=O) groups is 1. The Morgan fingerprint density at radius 1 is 1.25 bits per heavy atom. The second-order valence-corrected chi connectivity index (χ2v) is 10.4. The van der Waals surface area contributed by atoms with Gasteiger partial charge in [0.05, 0.1) is 23.7 Å². The highest BCUT2D eigenvalue weighted by atomic mass is 32.2. The number of anilines is 1. The van der Waals surface area contributed by atoms with E-state index in [2.05, 4.69) is 10.2 Å². The molecule has 1 amide bonds. The van der Waals surface area contributed by atoms with E-state index in [1.54, 1.807) is 17.2 Å². The number of nitrogens with zero attached hydrogens (tertiary/aromatic N) is 4. The first-order valence-electron chi connectivity index (χ1n) is 12.4. The second kappa shape index (κ2) is 12.8. The Kier molecular flexibility index (Phi) is 9.49. The molecule has 1 N–H and O–H groups in total. The molecule has 2 aliphatic rings. The summed E-state index contributed by atoms with van der Waals surface area (Å²) < 4.78 is 12.8. The Labute approximate surface area is 220 Å². The van der Waals surface area contributed by atoms with Crippen molar-refractivity contribution in [2.75, 3.05) is 64.5 Å². The van der Waals surface area contributed by atoms with Crippen LogP contribution in [0.1, 0.15) is 30.9 Å². The van der Waals surface area contributed by atoms with E-state index in [4.69, 9.17) is 26.7 Å². The molecule has 0 bridgehead atoms. The van der Waals surface area contributed by atoms with Crippen LogP contribution >= 0.6 is 24.0 Å². The van der Waals surface area contributed by atoms with E-state index in [0.29, 0.717) is 59.0 Å². The average Bonchev–Trinajstić information content (AvgIpc) is 3.15. The lowest BCUT2D eigenvalue weighted by Gasteiger charge is -2.26. The molecule has 0 radical (unpaired) electrons. The summed E-state index contributed by atoms with van der Waals surface area (Å²) >= 11 is 6.67. The first-order valence-corrected chi connectivity index (χ1v) is 13.6. The van der Waals surface area contributed by atoms with E-state index in [1.807, 2.05) is 26.0 Å². The van der Waals surface area contributed by atoms with E-state index in [-0.39, 0.29) is 11.5 Å². The Hall–Kier alpha value is -2.31. The summed E-state index contributed by atoms with van der Waals surface area (Å²) in [6.07, 6.45) is 4.94. The predicted molar refractivity (Wildman–Crippen MR) is 148 cm³/mol. The van der Waals surface area contributed by atoms with Crippen molar-refractivity contribution in [2.24, 2.45) is 0 Å². The fourth-order valence-corrected chi connectivity index (χ4v) is 5.49. The maximum Gasteiger partial charge on any atom is 0.267 e. The number of hydrogen-bond donors (Lipinski definition) is 1. The van der Waals surface area contributed by atoms with Crippen molar-refractivity contribution in [2.45, 2.75) is 26.7 Å².